The van der Waals surface area contributed by atoms with Crippen LogP contribution in [0, 0.1) is 5.92 Å². The van der Waals surface area contributed by atoms with E-state index in [1.807, 2.05) is 6.07 Å². The molecule has 0 heterocycles. The second kappa shape index (κ2) is 6.24. The molecule has 18 heavy (non-hydrogen) atoms. The van der Waals surface area contributed by atoms with Crippen LogP contribution in [-0.4, -0.2) is 13.2 Å². The van der Waals surface area contributed by atoms with Crippen LogP contribution >= 0.6 is 0 Å². The van der Waals surface area contributed by atoms with Gasteiger partial charge < -0.3 is 10.1 Å². The maximum Gasteiger partial charge on any atom is 0.119 e. The zero-order valence-corrected chi connectivity index (χ0v) is 11.8. The Labute approximate surface area is 111 Å². The van der Waals surface area contributed by atoms with Gasteiger partial charge in [0.15, 0.2) is 0 Å². The quantitative estimate of drug-likeness (QED) is 0.870. The Bertz CT molecular complexity index is 377. The summed E-state index contributed by atoms with van der Waals surface area (Å²) in [5.41, 5.74) is 1.31. The number of hydrogen-bond donors (Lipinski definition) is 1. The first-order valence-electron chi connectivity index (χ1n) is 7.10. The molecule has 3 atom stereocenters. The molecular weight excluding hydrogens is 222 g/mol. The molecule has 1 aliphatic carbocycles. The lowest BCUT2D eigenvalue weighted by atomic mass is 9.85. The van der Waals surface area contributed by atoms with Crippen molar-refractivity contribution in [2.45, 2.75) is 51.6 Å². The van der Waals surface area contributed by atoms with Gasteiger partial charge in [-0.3, -0.25) is 0 Å². The Kier molecular flexibility index (Phi) is 4.65. The van der Waals surface area contributed by atoms with Crippen LogP contribution in [0.2, 0.25) is 0 Å². The van der Waals surface area contributed by atoms with E-state index in [4.69, 9.17) is 4.74 Å². The first-order valence-corrected chi connectivity index (χ1v) is 7.10. The highest BCUT2D eigenvalue weighted by Gasteiger charge is 2.22. The van der Waals surface area contributed by atoms with Crippen LogP contribution < -0.4 is 10.1 Å². The average Bonchev–Trinajstić information content (AvgIpc) is 2.41. The van der Waals surface area contributed by atoms with E-state index in [0.717, 1.165) is 11.7 Å². The minimum absolute atomic E-state index is 0.394. The van der Waals surface area contributed by atoms with Crippen LogP contribution in [0.3, 0.4) is 0 Å². The molecule has 3 unspecified atom stereocenters. The summed E-state index contributed by atoms with van der Waals surface area (Å²) in [4.78, 5) is 0. The van der Waals surface area contributed by atoms with Crippen molar-refractivity contribution in [2.24, 2.45) is 5.92 Å². The minimum atomic E-state index is 0.394. The molecule has 1 aliphatic rings. The number of methoxy groups -OCH3 is 1. The van der Waals surface area contributed by atoms with Crippen molar-refractivity contribution in [2.75, 3.05) is 7.11 Å². The molecule has 1 fully saturated rings. The maximum absolute atomic E-state index is 5.29. The van der Waals surface area contributed by atoms with Crippen molar-refractivity contribution < 1.29 is 4.74 Å². The van der Waals surface area contributed by atoms with Gasteiger partial charge in [-0.1, -0.05) is 31.9 Å². The predicted octanol–water partition coefficient (Wildman–Crippen LogP) is 3.92. The van der Waals surface area contributed by atoms with E-state index in [-0.39, 0.29) is 0 Å². The van der Waals surface area contributed by atoms with Gasteiger partial charge in [0.1, 0.15) is 5.75 Å². The molecule has 2 rings (SSSR count). The third kappa shape index (κ3) is 3.26. The molecule has 1 aromatic carbocycles. The van der Waals surface area contributed by atoms with E-state index in [1.165, 1.54) is 31.2 Å². The first-order chi connectivity index (χ1) is 8.70. The van der Waals surface area contributed by atoms with Gasteiger partial charge in [0.25, 0.3) is 0 Å². The normalized spacial score (nSPS) is 25.7. The van der Waals surface area contributed by atoms with E-state index < -0.39 is 0 Å². The van der Waals surface area contributed by atoms with Gasteiger partial charge in [0.2, 0.25) is 0 Å². The Morgan fingerprint density at radius 2 is 2.06 bits per heavy atom. The topological polar surface area (TPSA) is 21.3 Å². The summed E-state index contributed by atoms with van der Waals surface area (Å²) in [6.07, 6.45) is 5.44. The number of hydrogen-bond acceptors (Lipinski definition) is 2. The summed E-state index contributed by atoms with van der Waals surface area (Å²) in [5.74, 6) is 1.74. The Morgan fingerprint density at radius 3 is 2.78 bits per heavy atom. The summed E-state index contributed by atoms with van der Waals surface area (Å²) in [7, 11) is 1.72. The molecule has 0 amide bonds. The minimum Gasteiger partial charge on any atom is -0.497 e. The van der Waals surface area contributed by atoms with Gasteiger partial charge in [0.05, 0.1) is 7.11 Å². The van der Waals surface area contributed by atoms with Crippen LogP contribution in [0.1, 0.15) is 51.1 Å². The van der Waals surface area contributed by atoms with Gasteiger partial charge in [-0.2, -0.15) is 0 Å². The van der Waals surface area contributed by atoms with Crippen LogP contribution in [0.4, 0.5) is 0 Å². The van der Waals surface area contributed by atoms with E-state index in [2.05, 4.69) is 37.4 Å². The lowest BCUT2D eigenvalue weighted by Crippen LogP contribution is -2.38. The largest absolute Gasteiger partial charge is 0.497 e. The molecule has 0 aliphatic heterocycles. The van der Waals surface area contributed by atoms with Crippen molar-refractivity contribution in [1.82, 2.24) is 5.32 Å². The van der Waals surface area contributed by atoms with Crippen molar-refractivity contribution in [3.63, 3.8) is 0 Å². The highest BCUT2D eigenvalue weighted by molar-refractivity contribution is 5.30. The third-order valence-electron chi connectivity index (χ3n) is 4.17. The molecule has 0 bridgehead atoms. The molecule has 0 aromatic heterocycles. The zero-order valence-electron chi connectivity index (χ0n) is 11.8. The Morgan fingerprint density at radius 1 is 1.28 bits per heavy atom. The van der Waals surface area contributed by atoms with E-state index >= 15 is 0 Å². The fourth-order valence-corrected chi connectivity index (χ4v) is 2.89. The summed E-state index contributed by atoms with van der Waals surface area (Å²) >= 11 is 0. The van der Waals surface area contributed by atoms with Crippen LogP contribution in [0.25, 0.3) is 0 Å². The number of nitrogens with one attached hydrogen (secondary N) is 1. The highest BCUT2D eigenvalue weighted by atomic mass is 16.5. The predicted molar refractivity (Wildman–Crippen MR) is 76.0 cm³/mol. The highest BCUT2D eigenvalue weighted by Crippen LogP contribution is 2.27. The second-order valence-corrected chi connectivity index (χ2v) is 5.53. The molecule has 1 saturated carbocycles. The van der Waals surface area contributed by atoms with E-state index in [1.54, 1.807) is 7.11 Å². The lowest BCUT2D eigenvalue weighted by molar-refractivity contribution is 0.263. The van der Waals surface area contributed by atoms with Crippen LogP contribution in [0.5, 0.6) is 5.75 Å². The molecule has 2 heteroatoms. The van der Waals surface area contributed by atoms with Crippen molar-refractivity contribution in [1.29, 1.82) is 0 Å². The van der Waals surface area contributed by atoms with Gasteiger partial charge >= 0.3 is 0 Å². The Balaban J connectivity index is 1.99. The second-order valence-electron chi connectivity index (χ2n) is 5.53. The van der Waals surface area contributed by atoms with Gasteiger partial charge in [-0.05, 0) is 43.4 Å². The molecule has 0 radical (unpaired) electrons. The molecule has 1 N–H and O–H groups in total. The first kappa shape index (κ1) is 13.4. The third-order valence-corrected chi connectivity index (χ3v) is 4.17. The summed E-state index contributed by atoms with van der Waals surface area (Å²) in [6.45, 7) is 4.62. The standard InChI is InChI=1S/C16H25NO/c1-12-7-4-5-10-16(12)17-13(2)14-8-6-9-15(11-14)18-3/h6,8-9,11-13,16-17H,4-5,7,10H2,1-3H3. The van der Waals surface area contributed by atoms with Gasteiger partial charge in [0, 0.05) is 12.1 Å². The van der Waals surface area contributed by atoms with Crippen molar-refractivity contribution in [3.8, 4) is 5.75 Å². The maximum atomic E-state index is 5.29. The van der Waals surface area contributed by atoms with Crippen LogP contribution in [0.15, 0.2) is 24.3 Å². The van der Waals surface area contributed by atoms with Gasteiger partial charge in [-0.15, -0.1) is 0 Å². The molecule has 0 spiro atoms. The molecule has 100 valence electrons. The Hall–Kier alpha value is -1.02. The van der Waals surface area contributed by atoms with E-state index in [9.17, 15) is 0 Å². The molecule has 2 nitrogen and oxygen atoms in total. The summed E-state index contributed by atoms with van der Waals surface area (Å²) < 4.78 is 5.29. The lowest BCUT2D eigenvalue weighted by Gasteiger charge is -2.32. The molecular formula is C16H25NO. The molecule has 1 aromatic rings. The monoisotopic (exact) mass is 247 g/mol. The number of ether oxygens (including phenoxy) is 1. The SMILES string of the molecule is COc1cccc(C(C)NC2CCCCC2C)c1. The number of benzene rings is 1. The zero-order chi connectivity index (χ0) is 13.0. The van der Waals surface area contributed by atoms with Crippen LogP contribution in [-0.2, 0) is 0 Å². The van der Waals surface area contributed by atoms with Crippen molar-refractivity contribution >= 4 is 0 Å². The van der Waals surface area contributed by atoms with Gasteiger partial charge in [-0.25, -0.2) is 0 Å². The van der Waals surface area contributed by atoms with Crippen molar-refractivity contribution in [3.05, 3.63) is 29.8 Å². The smallest absolute Gasteiger partial charge is 0.119 e. The summed E-state index contributed by atoms with van der Waals surface area (Å²) in [5, 5.41) is 3.78. The molecule has 0 saturated heterocycles. The summed E-state index contributed by atoms with van der Waals surface area (Å²) in [6, 6.07) is 9.43. The van der Waals surface area contributed by atoms with E-state index in [0.29, 0.717) is 12.1 Å². The fourth-order valence-electron chi connectivity index (χ4n) is 2.89. The number of rotatable bonds is 4. The fraction of sp³-hybridized carbons (Fsp3) is 0.625. The average molecular weight is 247 g/mol.